The highest BCUT2D eigenvalue weighted by atomic mass is 32.2. The zero-order valence-corrected chi connectivity index (χ0v) is 15.8. The van der Waals surface area contributed by atoms with Crippen LogP contribution < -0.4 is 5.49 Å². The predicted octanol–water partition coefficient (Wildman–Crippen LogP) is 2.39. The highest BCUT2D eigenvalue weighted by molar-refractivity contribution is 7.91. The second kappa shape index (κ2) is 6.87. The second-order valence-electron chi connectivity index (χ2n) is 6.65. The SMILES string of the molecule is Cc1c/c(=N/C(=O)c2cccc(C(F)(F)F)c2F)n(C2CCS(=O)(=O)C2)n1C. The number of halogens is 4. The Morgan fingerprint density at radius 2 is 1.96 bits per heavy atom. The Labute approximate surface area is 158 Å². The van der Waals surface area contributed by atoms with E-state index in [9.17, 15) is 30.8 Å². The summed E-state index contributed by atoms with van der Waals surface area (Å²) in [5.74, 6) is -3.01. The van der Waals surface area contributed by atoms with Gasteiger partial charge in [0.1, 0.15) is 5.82 Å². The van der Waals surface area contributed by atoms with Crippen LogP contribution in [0.4, 0.5) is 17.6 Å². The lowest BCUT2D eigenvalue weighted by atomic mass is 10.1. The van der Waals surface area contributed by atoms with Crippen molar-refractivity contribution in [2.45, 2.75) is 25.6 Å². The molecule has 0 spiro atoms. The molecule has 1 aromatic carbocycles. The smallest absolute Gasteiger partial charge is 0.291 e. The van der Waals surface area contributed by atoms with Gasteiger partial charge in [0.25, 0.3) is 5.91 Å². The molecule has 1 unspecified atom stereocenters. The Kier molecular flexibility index (Phi) is 4.98. The van der Waals surface area contributed by atoms with Gasteiger partial charge in [0, 0.05) is 18.8 Å². The molecule has 1 saturated heterocycles. The largest absolute Gasteiger partial charge is 0.419 e. The van der Waals surface area contributed by atoms with Crippen molar-refractivity contribution in [1.82, 2.24) is 9.36 Å². The average molecular weight is 419 g/mol. The van der Waals surface area contributed by atoms with Crippen molar-refractivity contribution < 1.29 is 30.8 Å². The Morgan fingerprint density at radius 1 is 1.29 bits per heavy atom. The lowest BCUT2D eigenvalue weighted by molar-refractivity contribution is -0.140. The van der Waals surface area contributed by atoms with E-state index in [1.807, 2.05) is 0 Å². The van der Waals surface area contributed by atoms with E-state index in [1.165, 1.54) is 10.7 Å². The van der Waals surface area contributed by atoms with Crippen LogP contribution in [0.15, 0.2) is 29.3 Å². The molecule has 0 N–H and O–H groups in total. The van der Waals surface area contributed by atoms with Gasteiger partial charge in [-0.1, -0.05) is 6.07 Å². The van der Waals surface area contributed by atoms with Crippen molar-refractivity contribution in [3.8, 4) is 0 Å². The fourth-order valence-electron chi connectivity index (χ4n) is 3.23. The zero-order valence-electron chi connectivity index (χ0n) is 15.0. The molecule has 11 heteroatoms. The van der Waals surface area contributed by atoms with Gasteiger partial charge in [-0.3, -0.25) is 14.2 Å². The molecule has 0 aliphatic carbocycles. The monoisotopic (exact) mass is 419 g/mol. The molecule has 0 radical (unpaired) electrons. The van der Waals surface area contributed by atoms with E-state index >= 15 is 0 Å². The van der Waals surface area contributed by atoms with Crippen molar-refractivity contribution in [2.24, 2.45) is 12.0 Å². The molecule has 1 amide bonds. The summed E-state index contributed by atoms with van der Waals surface area (Å²) in [5, 5.41) is 0. The Bertz CT molecular complexity index is 1110. The first-order valence-electron chi connectivity index (χ1n) is 8.31. The van der Waals surface area contributed by atoms with Gasteiger partial charge in [-0.25, -0.2) is 12.8 Å². The first kappa shape index (κ1) is 20.3. The van der Waals surface area contributed by atoms with E-state index in [0.29, 0.717) is 18.2 Å². The van der Waals surface area contributed by atoms with Gasteiger partial charge in [0.05, 0.1) is 28.7 Å². The number of sulfone groups is 1. The summed E-state index contributed by atoms with van der Waals surface area (Å²) in [6.45, 7) is 1.70. The third kappa shape index (κ3) is 3.75. The molecule has 2 aromatic rings. The summed E-state index contributed by atoms with van der Waals surface area (Å²) in [6.07, 6.45) is -4.62. The fraction of sp³-hybridized carbons (Fsp3) is 0.412. The topological polar surface area (TPSA) is 73.4 Å². The molecule has 1 aliphatic heterocycles. The number of aryl methyl sites for hydroxylation is 1. The van der Waals surface area contributed by atoms with Crippen LogP contribution in [0.1, 0.15) is 34.1 Å². The van der Waals surface area contributed by atoms with Gasteiger partial charge >= 0.3 is 6.18 Å². The predicted molar refractivity (Wildman–Crippen MR) is 91.7 cm³/mol. The summed E-state index contributed by atoms with van der Waals surface area (Å²) < 4.78 is 79.5. The number of hydrogen-bond acceptors (Lipinski definition) is 3. The molecule has 6 nitrogen and oxygen atoms in total. The minimum atomic E-state index is -4.94. The number of carbonyl (C=O) groups excluding carboxylic acids is 1. The van der Waals surface area contributed by atoms with Crippen molar-refractivity contribution >= 4 is 15.7 Å². The van der Waals surface area contributed by atoms with Crippen LogP contribution in [-0.2, 0) is 23.1 Å². The van der Waals surface area contributed by atoms with Gasteiger partial charge in [-0.05, 0) is 25.5 Å². The van der Waals surface area contributed by atoms with Crippen molar-refractivity contribution in [3.63, 3.8) is 0 Å². The van der Waals surface area contributed by atoms with Gasteiger partial charge in [0.15, 0.2) is 15.3 Å². The van der Waals surface area contributed by atoms with E-state index in [2.05, 4.69) is 4.99 Å². The molecule has 152 valence electrons. The maximum atomic E-state index is 14.2. The van der Waals surface area contributed by atoms with Crippen molar-refractivity contribution in [1.29, 1.82) is 0 Å². The van der Waals surface area contributed by atoms with E-state index < -0.39 is 44.9 Å². The number of aromatic nitrogens is 2. The number of benzene rings is 1. The fourth-order valence-corrected chi connectivity index (χ4v) is 4.93. The van der Waals surface area contributed by atoms with E-state index in [1.54, 1.807) is 18.7 Å². The standard InChI is InChI=1S/C17H17F4N3O3S/c1-10-8-14(24(23(10)2)11-6-7-28(26,27)9-11)22-16(25)12-4-3-5-13(15(12)18)17(19,20)21/h3-5,8,11H,6-7,9H2,1-2H3/b22-14-. The molecule has 3 rings (SSSR count). The summed E-state index contributed by atoms with van der Waals surface area (Å²) in [5.41, 5.74) is -1.64. The van der Waals surface area contributed by atoms with Crippen molar-refractivity contribution in [2.75, 3.05) is 11.5 Å². The Morgan fingerprint density at radius 3 is 2.54 bits per heavy atom. The highest BCUT2D eigenvalue weighted by Gasteiger charge is 2.36. The molecular weight excluding hydrogens is 402 g/mol. The lowest BCUT2D eigenvalue weighted by Gasteiger charge is -2.15. The van der Waals surface area contributed by atoms with E-state index in [0.717, 1.165) is 12.1 Å². The summed E-state index contributed by atoms with van der Waals surface area (Å²) in [4.78, 5) is 16.2. The summed E-state index contributed by atoms with van der Waals surface area (Å²) in [7, 11) is -1.58. The molecule has 1 atom stereocenters. The van der Waals surface area contributed by atoms with Crippen LogP contribution in [0, 0.1) is 12.7 Å². The molecule has 28 heavy (non-hydrogen) atoms. The molecule has 2 heterocycles. The van der Waals surface area contributed by atoms with Gasteiger partial charge in [-0.15, -0.1) is 0 Å². The van der Waals surface area contributed by atoms with Crippen LogP contribution in [0.5, 0.6) is 0 Å². The van der Waals surface area contributed by atoms with Gasteiger partial charge in [-0.2, -0.15) is 18.2 Å². The van der Waals surface area contributed by atoms with Crippen molar-refractivity contribution in [3.05, 3.63) is 52.4 Å². The first-order chi connectivity index (χ1) is 12.9. The number of rotatable bonds is 2. The van der Waals surface area contributed by atoms with Crippen LogP contribution >= 0.6 is 0 Å². The quantitative estimate of drug-likeness (QED) is 0.702. The number of carbonyl (C=O) groups is 1. The average Bonchev–Trinajstić information content (AvgIpc) is 3.05. The molecule has 0 saturated carbocycles. The number of nitrogens with zero attached hydrogens (tertiary/aromatic N) is 3. The molecule has 1 fully saturated rings. The number of hydrogen-bond donors (Lipinski definition) is 0. The van der Waals surface area contributed by atoms with E-state index in [-0.39, 0.29) is 17.0 Å². The number of amides is 1. The van der Waals surface area contributed by atoms with Crippen LogP contribution in [0.25, 0.3) is 0 Å². The highest BCUT2D eigenvalue weighted by Crippen LogP contribution is 2.32. The van der Waals surface area contributed by atoms with Gasteiger partial charge < -0.3 is 0 Å². The molecule has 1 aliphatic rings. The normalized spacial score (nSPS) is 19.9. The molecule has 1 aromatic heterocycles. The van der Waals surface area contributed by atoms with Gasteiger partial charge in [0.2, 0.25) is 0 Å². The lowest BCUT2D eigenvalue weighted by Crippen LogP contribution is -2.29. The Balaban J connectivity index is 2.09. The minimum Gasteiger partial charge on any atom is -0.291 e. The number of alkyl halides is 3. The first-order valence-corrected chi connectivity index (χ1v) is 10.1. The summed E-state index contributed by atoms with van der Waals surface area (Å²) >= 11 is 0. The zero-order chi connectivity index (χ0) is 20.9. The van der Waals surface area contributed by atoms with Crippen LogP contribution in [-0.4, -0.2) is 35.2 Å². The van der Waals surface area contributed by atoms with Crippen LogP contribution in [0.2, 0.25) is 0 Å². The summed E-state index contributed by atoms with van der Waals surface area (Å²) in [6, 6.07) is 3.43. The van der Waals surface area contributed by atoms with Crippen LogP contribution in [0.3, 0.4) is 0 Å². The Hall–Kier alpha value is -2.43. The second-order valence-corrected chi connectivity index (χ2v) is 8.88. The minimum absolute atomic E-state index is 0.00939. The van der Waals surface area contributed by atoms with E-state index in [4.69, 9.17) is 0 Å². The maximum absolute atomic E-state index is 14.2. The molecular formula is C17H17F4N3O3S. The molecule has 0 bridgehead atoms. The third-order valence-electron chi connectivity index (χ3n) is 4.71. The maximum Gasteiger partial charge on any atom is 0.419 e. The third-order valence-corrected chi connectivity index (χ3v) is 6.46.